The highest BCUT2D eigenvalue weighted by Crippen LogP contribution is 2.58. The summed E-state index contributed by atoms with van der Waals surface area (Å²) in [7, 11) is 1.55. The number of hydrogen-bond donors (Lipinski definition) is 3. The fourth-order valence-corrected chi connectivity index (χ4v) is 5.43. The maximum Gasteiger partial charge on any atom is 0.246 e. The van der Waals surface area contributed by atoms with Gasteiger partial charge in [-0.1, -0.05) is 13.8 Å². The van der Waals surface area contributed by atoms with E-state index in [4.69, 9.17) is 4.74 Å². The summed E-state index contributed by atoms with van der Waals surface area (Å²) in [4.78, 5) is 40.9. The Labute approximate surface area is 166 Å². The number of hydrogen-bond acceptors (Lipinski definition) is 5. The molecule has 3 saturated heterocycles. The molecule has 0 radical (unpaired) electrons. The molecule has 8 nitrogen and oxygen atoms in total. The van der Waals surface area contributed by atoms with Crippen molar-refractivity contribution in [3.8, 4) is 0 Å². The van der Waals surface area contributed by atoms with Gasteiger partial charge in [-0.15, -0.1) is 0 Å². The number of nitrogens with zero attached hydrogens (tertiary/aromatic N) is 1. The van der Waals surface area contributed by atoms with E-state index in [2.05, 4.69) is 10.6 Å². The lowest BCUT2D eigenvalue weighted by atomic mass is 9.70. The van der Waals surface area contributed by atoms with Crippen LogP contribution in [0.4, 0.5) is 0 Å². The molecule has 3 N–H and O–H groups in total. The van der Waals surface area contributed by atoms with E-state index in [0.29, 0.717) is 19.3 Å². The molecule has 0 aromatic heterocycles. The molecule has 0 aromatic carbocycles. The van der Waals surface area contributed by atoms with Crippen LogP contribution >= 0.6 is 0 Å². The van der Waals surface area contributed by atoms with Crippen LogP contribution in [0.3, 0.4) is 0 Å². The SMILES string of the molecule is CNC(=O)[C@@H]1[C@H]2C(=O)N([C@@H](CO)CC(C)C)C(C(=O)NC(C)C)C23CC[C@H]1O3. The second-order valence-corrected chi connectivity index (χ2v) is 9.04. The molecule has 158 valence electrons. The van der Waals surface area contributed by atoms with Gasteiger partial charge < -0.3 is 25.4 Å². The first-order valence-corrected chi connectivity index (χ1v) is 10.3. The van der Waals surface area contributed by atoms with Crippen LogP contribution in [0, 0.1) is 17.8 Å². The van der Waals surface area contributed by atoms with Gasteiger partial charge in [-0.3, -0.25) is 14.4 Å². The van der Waals surface area contributed by atoms with Gasteiger partial charge in [-0.2, -0.15) is 0 Å². The Morgan fingerprint density at radius 2 is 1.96 bits per heavy atom. The predicted octanol–water partition coefficient (Wildman–Crippen LogP) is 0.0386. The zero-order valence-corrected chi connectivity index (χ0v) is 17.4. The Morgan fingerprint density at radius 3 is 2.50 bits per heavy atom. The molecule has 0 saturated carbocycles. The van der Waals surface area contributed by atoms with Gasteiger partial charge in [0, 0.05) is 13.1 Å². The quantitative estimate of drug-likeness (QED) is 0.564. The van der Waals surface area contributed by atoms with Crippen molar-refractivity contribution in [2.75, 3.05) is 13.7 Å². The van der Waals surface area contributed by atoms with Crippen molar-refractivity contribution in [2.45, 2.75) is 76.8 Å². The number of ether oxygens (including phenoxy) is 1. The highest BCUT2D eigenvalue weighted by atomic mass is 16.5. The third-order valence-electron chi connectivity index (χ3n) is 6.31. The van der Waals surface area contributed by atoms with E-state index in [9.17, 15) is 19.5 Å². The molecule has 28 heavy (non-hydrogen) atoms. The molecule has 3 amide bonds. The maximum atomic E-state index is 13.6. The zero-order chi connectivity index (χ0) is 20.8. The lowest BCUT2D eigenvalue weighted by Crippen LogP contribution is -2.59. The standard InChI is InChI=1S/C20H33N3O5/c1-10(2)8-12(9-24)23-16(18(26)22-11(3)4)20-7-6-13(28-20)14(17(25)21-5)15(20)19(23)27/h10-16,24H,6-9H2,1-5H3,(H,21,25)(H,22,26)/t12-,13-,14+,15+,16?,20?/m1/s1. The number of carbonyl (C=O) groups excluding carboxylic acids is 3. The minimum Gasteiger partial charge on any atom is -0.394 e. The fraction of sp³-hybridized carbons (Fsp3) is 0.850. The lowest BCUT2D eigenvalue weighted by molar-refractivity contribution is -0.146. The summed E-state index contributed by atoms with van der Waals surface area (Å²) in [5, 5.41) is 15.6. The minimum absolute atomic E-state index is 0.0917. The van der Waals surface area contributed by atoms with Crippen LogP contribution in [0.1, 0.15) is 47.0 Å². The maximum absolute atomic E-state index is 13.6. The fourth-order valence-electron chi connectivity index (χ4n) is 5.43. The first-order valence-electron chi connectivity index (χ1n) is 10.3. The van der Waals surface area contributed by atoms with Crippen molar-refractivity contribution in [2.24, 2.45) is 17.8 Å². The van der Waals surface area contributed by atoms with E-state index in [1.54, 1.807) is 7.05 Å². The first kappa shape index (κ1) is 21.0. The van der Waals surface area contributed by atoms with Gasteiger partial charge in [0.1, 0.15) is 11.6 Å². The third kappa shape index (κ3) is 3.10. The van der Waals surface area contributed by atoms with Crippen molar-refractivity contribution < 1.29 is 24.2 Å². The summed E-state index contributed by atoms with van der Waals surface area (Å²) in [5.74, 6) is -1.78. The van der Waals surface area contributed by atoms with Crippen molar-refractivity contribution in [1.82, 2.24) is 15.5 Å². The van der Waals surface area contributed by atoms with Gasteiger partial charge in [0.05, 0.1) is 30.6 Å². The van der Waals surface area contributed by atoms with Crippen LogP contribution in [-0.2, 0) is 19.1 Å². The number of aliphatic hydroxyl groups is 1. The second-order valence-electron chi connectivity index (χ2n) is 9.04. The second kappa shape index (κ2) is 7.63. The van der Waals surface area contributed by atoms with Crippen LogP contribution in [0.2, 0.25) is 0 Å². The summed E-state index contributed by atoms with van der Waals surface area (Å²) in [5.41, 5.74) is -0.998. The number of carbonyl (C=O) groups is 3. The van der Waals surface area contributed by atoms with Crippen molar-refractivity contribution in [1.29, 1.82) is 0 Å². The van der Waals surface area contributed by atoms with E-state index in [1.807, 2.05) is 27.7 Å². The molecule has 3 rings (SSSR count). The van der Waals surface area contributed by atoms with Gasteiger partial charge in [0.2, 0.25) is 17.7 Å². The van der Waals surface area contributed by atoms with E-state index in [1.165, 1.54) is 4.90 Å². The van der Waals surface area contributed by atoms with Gasteiger partial charge in [0.15, 0.2) is 0 Å². The summed E-state index contributed by atoms with van der Waals surface area (Å²) in [6.07, 6.45) is 1.44. The lowest BCUT2D eigenvalue weighted by Gasteiger charge is -2.37. The van der Waals surface area contributed by atoms with E-state index < -0.39 is 29.5 Å². The molecule has 6 atom stereocenters. The molecule has 2 unspecified atom stereocenters. The molecule has 3 fully saturated rings. The van der Waals surface area contributed by atoms with Crippen molar-refractivity contribution in [3.63, 3.8) is 0 Å². The minimum atomic E-state index is -0.998. The average Bonchev–Trinajstić information content (AvgIpc) is 3.25. The molecule has 0 aromatic rings. The predicted molar refractivity (Wildman–Crippen MR) is 102 cm³/mol. The Balaban J connectivity index is 2.05. The van der Waals surface area contributed by atoms with E-state index >= 15 is 0 Å². The largest absolute Gasteiger partial charge is 0.394 e. The average molecular weight is 396 g/mol. The number of amides is 3. The molecule has 0 aliphatic carbocycles. The van der Waals surface area contributed by atoms with Crippen LogP contribution in [-0.4, -0.2) is 71.2 Å². The topological polar surface area (TPSA) is 108 Å². The molecule has 2 bridgehead atoms. The number of aliphatic hydroxyl groups excluding tert-OH is 1. The van der Waals surface area contributed by atoms with Gasteiger partial charge in [-0.25, -0.2) is 0 Å². The normalized spacial score (nSPS) is 34.9. The van der Waals surface area contributed by atoms with E-state index in [0.717, 1.165) is 0 Å². The van der Waals surface area contributed by atoms with Crippen LogP contribution < -0.4 is 10.6 Å². The van der Waals surface area contributed by atoms with Crippen LogP contribution in [0.15, 0.2) is 0 Å². The van der Waals surface area contributed by atoms with Crippen molar-refractivity contribution in [3.05, 3.63) is 0 Å². The van der Waals surface area contributed by atoms with Crippen molar-refractivity contribution >= 4 is 17.7 Å². The number of likely N-dealkylation sites (tertiary alicyclic amines) is 1. The number of rotatable bonds is 7. The van der Waals surface area contributed by atoms with Crippen LogP contribution in [0.25, 0.3) is 0 Å². The van der Waals surface area contributed by atoms with Gasteiger partial charge in [-0.05, 0) is 39.0 Å². The molecular formula is C20H33N3O5. The highest BCUT2D eigenvalue weighted by molar-refractivity contribution is 5.99. The number of nitrogens with one attached hydrogen (secondary N) is 2. The Hall–Kier alpha value is -1.67. The summed E-state index contributed by atoms with van der Waals surface area (Å²) >= 11 is 0. The highest BCUT2D eigenvalue weighted by Gasteiger charge is 2.74. The molecule has 3 aliphatic heterocycles. The zero-order valence-electron chi connectivity index (χ0n) is 17.4. The molecule has 3 heterocycles. The molecule has 8 heteroatoms. The summed E-state index contributed by atoms with van der Waals surface area (Å²) in [6.45, 7) is 7.53. The summed E-state index contributed by atoms with van der Waals surface area (Å²) in [6, 6.07) is -1.41. The van der Waals surface area contributed by atoms with E-state index in [-0.39, 0.29) is 42.4 Å². The molecule has 1 spiro atoms. The Morgan fingerprint density at radius 1 is 1.29 bits per heavy atom. The molecular weight excluding hydrogens is 362 g/mol. The number of fused-ring (bicyclic) bond motifs is 1. The molecule has 3 aliphatic rings. The monoisotopic (exact) mass is 395 g/mol. The van der Waals surface area contributed by atoms with Gasteiger partial charge in [0.25, 0.3) is 0 Å². The Bertz CT molecular complexity index is 652. The summed E-state index contributed by atoms with van der Waals surface area (Å²) < 4.78 is 6.27. The van der Waals surface area contributed by atoms with Crippen LogP contribution in [0.5, 0.6) is 0 Å². The first-order chi connectivity index (χ1) is 13.2. The third-order valence-corrected chi connectivity index (χ3v) is 6.31. The Kier molecular flexibility index (Phi) is 5.74. The van der Waals surface area contributed by atoms with Gasteiger partial charge >= 0.3 is 0 Å². The smallest absolute Gasteiger partial charge is 0.246 e.